The molecule has 3 amide bonds. The summed E-state index contributed by atoms with van der Waals surface area (Å²) in [5, 5.41) is 5.24. The first kappa shape index (κ1) is 32.5. The number of fused-ring (bicyclic) bond motifs is 6. The molecule has 10 heteroatoms. The Morgan fingerprint density at radius 2 is 1.77 bits per heavy atom. The Morgan fingerprint density at radius 3 is 2.59 bits per heavy atom. The number of hydrogen-bond donors (Lipinski definition) is 3. The molecule has 1 aliphatic heterocycles. The molecule has 1 aliphatic rings. The van der Waals surface area contributed by atoms with E-state index in [2.05, 4.69) is 45.2 Å². The third kappa shape index (κ3) is 9.03. The maximum Gasteiger partial charge on any atom is 0.330 e. The van der Waals surface area contributed by atoms with Crippen molar-refractivity contribution >= 4 is 51.3 Å². The summed E-state index contributed by atoms with van der Waals surface area (Å²) < 4.78 is 4.42. The molecule has 3 N–H and O–H groups in total. The maximum absolute atomic E-state index is 13.8. The van der Waals surface area contributed by atoms with Gasteiger partial charge in [0.15, 0.2) is 0 Å². The van der Waals surface area contributed by atoms with Crippen molar-refractivity contribution in [2.45, 2.75) is 57.9 Å². The molecule has 0 aliphatic carbocycles. The fourth-order valence-electron chi connectivity index (χ4n) is 5.12. The predicted octanol–water partition coefficient (Wildman–Crippen LogP) is 5.13. The van der Waals surface area contributed by atoms with Gasteiger partial charge in [-0.3, -0.25) is 30.0 Å². The van der Waals surface area contributed by atoms with Crippen LogP contribution in [0.4, 0.5) is 0 Å². The van der Waals surface area contributed by atoms with Crippen LogP contribution in [0.25, 0.3) is 10.8 Å². The number of carbonyl (C=O) groups excluding carboxylic acids is 5. The van der Waals surface area contributed by atoms with E-state index in [1.807, 2.05) is 19.1 Å². The summed E-state index contributed by atoms with van der Waals surface area (Å²) in [6.45, 7) is 1.95. The minimum absolute atomic E-state index is 0.0362. The predicted molar refractivity (Wildman–Crippen MR) is 171 cm³/mol. The first-order valence-electron chi connectivity index (χ1n) is 14.7. The molecule has 1 atom stereocenters. The Balaban J connectivity index is 1.56. The Hall–Kier alpha value is -4.44. The van der Waals surface area contributed by atoms with E-state index in [4.69, 9.17) is 0 Å². The fraction of sp³-hybridized carbons (Fsp3) is 0.324. The van der Waals surface area contributed by atoms with Crippen LogP contribution in [0.3, 0.4) is 0 Å². The topological polar surface area (TPSA) is 131 Å². The van der Waals surface area contributed by atoms with Crippen molar-refractivity contribution in [3.05, 3.63) is 94.6 Å². The van der Waals surface area contributed by atoms with Crippen LogP contribution >= 0.6 is 11.8 Å². The first-order chi connectivity index (χ1) is 21.2. The molecule has 4 bridgehead atoms. The standard InChI is InChI=1S/C34H37N3O6S/c1-22-28-20-23(19-25-10-6-7-11-27(25)28)9-5-3-4-8-18-44-34(42)26-13-12-24(29(21-26)33(41)35-22)14-15-30(38)36-37-31(39)16-17-32(40)43-2/h6-7,10-13,16-17,19-22H,3-5,8-9,14-15,18H2,1-2H3,(H,35,41)(H,36,38)(H,37,39)/b17-16+. The second-order valence-corrected chi connectivity index (χ2v) is 11.7. The average molecular weight is 616 g/mol. The van der Waals surface area contributed by atoms with Gasteiger partial charge < -0.3 is 10.1 Å². The van der Waals surface area contributed by atoms with Crippen LogP contribution in [0.15, 0.2) is 66.7 Å². The molecule has 3 aromatic carbocycles. The van der Waals surface area contributed by atoms with Gasteiger partial charge in [-0.2, -0.15) is 0 Å². The third-order valence-electron chi connectivity index (χ3n) is 7.47. The van der Waals surface area contributed by atoms with Crippen molar-refractivity contribution in [3.8, 4) is 0 Å². The third-order valence-corrected chi connectivity index (χ3v) is 8.46. The minimum Gasteiger partial charge on any atom is -0.466 e. The van der Waals surface area contributed by atoms with E-state index in [0.717, 1.165) is 60.6 Å². The van der Waals surface area contributed by atoms with Gasteiger partial charge in [-0.05, 0) is 66.1 Å². The van der Waals surface area contributed by atoms with E-state index in [1.54, 1.807) is 18.2 Å². The number of benzene rings is 3. The van der Waals surface area contributed by atoms with Gasteiger partial charge in [0.1, 0.15) is 0 Å². The highest BCUT2D eigenvalue weighted by molar-refractivity contribution is 8.14. The zero-order valence-electron chi connectivity index (χ0n) is 24.9. The molecule has 0 saturated heterocycles. The van der Waals surface area contributed by atoms with Gasteiger partial charge in [0.25, 0.3) is 11.8 Å². The quantitative estimate of drug-likeness (QED) is 0.206. The molecular formula is C34H37N3O6S. The smallest absolute Gasteiger partial charge is 0.330 e. The highest BCUT2D eigenvalue weighted by Crippen LogP contribution is 2.28. The van der Waals surface area contributed by atoms with Crippen LogP contribution < -0.4 is 16.2 Å². The maximum atomic E-state index is 13.8. The van der Waals surface area contributed by atoms with Crippen LogP contribution in [-0.4, -0.2) is 41.7 Å². The highest BCUT2D eigenvalue weighted by Gasteiger charge is 2.20. The lowest BCUT2D eigenvalue weighted by Gasteiger charge is -2.20. The molecule has 230 valence electrons. The average Bonchev–Trinajstić information content (AvgIpc) is 3.03. The van der Waals surface area contributed by atoms with Crippen molar-refractivity contribution in [1.29, 1.82) is 0 Å². The van der Waals surface area contributed by atoms with Crippen molar-refractivity contribution in [2.75, 3.05) is 12.9 Å². The van der Waals surface area contributed by atoms with Gasteiger partial charge in [0.2, 0.25) is 11.0 Å². The summed E-state index contributed by atoms with van der Waals surface area (Å²) in [6.07, 6.45) is 7.10. The van der Waals surface area contributed by atoms with Gasteiger partial charge in [0.05, 0.1) is 13.2 Å². The van der Waals surface area contributed by atoms with E-state index in [0.29, 0.717) is 22.4 Å². The van der Waals surface area contributed by atoms with Crippen molar-refractivity contribution in [2.24, 2.45) is 0 Å². The van der Waals surface area contributed by atoms with Gasteiger partial charge >= 0.3 is 5.97 Å². The molecule has 1 heterocycles. The van der Waals surface area contributed by atoms with Crippen molar-refractivity contribution < 1.29 is 28.7 Å². The minimum atomic E-state index is -0.704. The molecule has 0 aromatic heterocycles. The SMILES string of the molecule is COC(=O)/C=C/C(=O)NNC(=O)CCc1ccc2cc1C(=O)NC(C)c1cc(cc3ccccc13)CCCCCCSC2=O. The van der Waals surface area contributed by atoms with Crippen LogP contribution in [0.1, 0.15) is 82.5 Å². The highest BCUT2D eigenvalue weighted by atomic mass is 32.2. The summed E-state index contributed by atoms with van der Waals surface area (Å²) in [6, 6.07) is 17.2. The second-order valence-electron chi connectivity index (χ2n) is 10.7. The number of thioether (sulfide) groups is 1. The first-order valence-corrected chi connectivity index (χ1v) is 15.7. The molecule has 0 fully saturated rings. The summed E-state index contributed by atoms with van der Waals surface area (Å²) in [5.41, 5.74) is 8.10. The van der Waals surface area contributed by atoms with Gasteiger partial charge in [-0.25, -0.2) is 4.79 Å². The van der Waals surface area contributed by atoms with Crippen LogP contribution in [0, 0.1) is 0 Å². The Morgan fingerprint density at radius 1 is 0.977 bits per heavy atom. The van der Waals surface area contributed by atoms with Gasteiger partial charge in [0, 0.05) is 35.5 Å². The lowest BCUT2D eigenvalue weighted by atomic mass is 9.94. The second kappa shape index (κ2) is 15.9. The largest absolute Gasteiger partial charge is 0.466 e. The van der Waals surface area contributed by atoms with Gasteiger partial charge in [-0.15, -0.1) is 0 Å². The van der Waals surface area contributed by atoms with E-state index in [9.17, 15) is 24.0 Å². The van der Waals surface area contributed by atoms with Crippen LogP contribution in [-0.2, 0) is 32.0 Å². The summed E-state index contributed by atoms with van der Waals surface area (Å²) >= 11 is 1.26. The fourth-order valence-corrected chi connectivity index (χ4v) is 5.95. The molecule has 0 saturated carbocycles. The lowest BCUT2D eigenvalue weighted by Crippen LogP contribution is -2.41. The van der Waals surface area contributed by atoms with Gasteiger partial charge in [-0.1, -0.05) is 73.1 Å². The summed E-state index contributed by atoms with van der Waals surface area (Å²) in [4.78, 5) is 62.2. The Bertz CT molecular complexity index is 1580. The molecule has 4 rings (SSSR count). The van der Waals surface area contributed by atoms with Crippen LogP contribution in [0.5, 0.6) is 0 Å². The number of esters is 1. The monoisotopic (exact) mass is 615 g/mol. The number of ether oxygens (including phenoxy) is 1. The van der Waals surface area contributed by atoms with E-state index >= 15 is 0 Å². The summed E-state index contributed by atoms with van der Waals surface area (Å²) in [7, 11) is 1.18. The molecule has 0 radical (unpaired) electrons. The molecule has 1 unspecified atom stereocenters. The number of hydrazine groups is 1. The Labute approximate surface area is 261 Å². The number of hydrogen-bond acceptors (Lipinski definition) is 7. The van der Waals surface area contributed by atoms with E-state index in [-0.39, 0.29) is 29.9 Å². The zero-order valence-corrected chi connectivity index (χ0v) is 25.8. The number of amides is 3. The molecule has 3 aromatic rings. The summed E-state index contributed by atoms with van der Waals surface area (Å²) in [5.74, 6) is -1.53. The number of aryl methyl sites for hydroxylation is 2. The van der Waals surface area contributed by atoms with Crippen LogP contribution in [0.2, 0.25) is 0 Å². The number of nitrogens with one attached hydrogen (secondary N) is 3. The molecular weight excluding hydrogens is 578 g/mol. The number of carbonyl (C=O) groups is 5. The normalized spacial score (nSPS) is 16.2. The van der Waals surface area contributed by atoms with E-state index < -0.39 is 17.8 Å². The van der Waals surface area contributed by atoms with Crippen molar-refractivity contribution in [1.82, 2.24) is 16.2 Å². The molecule has 44 heavy (non-hydrogen) atoms. The molecule has 9 nitrogen and oxygen atoms in total. The Kier molecular flexibility index (Phi) is 11.7. The molecule has 0 spiro atoms. The number of methoxy groups -OCH3 is 1. The zero-order chi connectivity index (χ0) is 31.5. The van der Waals surface area contributed by atoms with Crippen molar-refractivity contribution in [3.63, 3.8) is 0 Å². The lowest BCUT2D eigenvalue weighted by molar-refractivity contribution is -0.135. The van der Waals surface area contributed by atoms with E-state index in [1.165, 1.54) is 24.4 Å². The number of rotatable bonds is 5.